The highest BCUT2D eigenvalue weighted by atomic mass is 19.1. The summed E-state index contributed by atoms with van der Waals surface area (Å²) in [6, 6.07) is 1.36. The summed E-state index contributed by atoms with van der Waals surface area (Å²) < 4.78 is 12.8. The summed E-state index contributed by atoms with van der Waals surface area (Å²) in [6.45, 7) is -0.828. The molecule has 1 heterocycles. The van der Waals surface area contributed by atoms with E-state index in [1.54, 1.807) is 0 Å². The monoisotopic (exact) mass is 143 g/mol. The van der Waals surface area contributed by atoms with Crippen LogP contribution in [0.2, 0.25) is 0 Å². The molecular formula is C5H6FN3O. The molecule has 1 aromatic rings. The van der Waals surface area contributed by atoms with Gasteiger partial charge in [0.1, 0.15) is 5.69 Å². The fourth-order valence-electron chi connectivity index (χ4n) is 0.637. The first-order valence-corrected chi connectivity index (χ1v) is 2.63. The van der Waals surface area contributed by atoms with Crippen LogP contribution in [0.25, 0.3) is 0 Å². The van der Waals surface area contributed by atoms with Crippen LogP contribution in [0.5, 0.6) is 0 Å². The smallest absolute Gasteiger partial charge is 0.267 e. The number of carbonyl (C=O) groups excluding carboxylic acids is 1. The SMILES string of the molecule is NC(=O)c1ccnn1CF. The van der Waals surface area contributed by atoms with E-state index in [0.29, 0.717) is 0 Å². The van der Waals surface area contributed by atoms with Crippen molar-refractivity contribution in [2.24, 2.45) is 5.73 Å². The molecule has 10 heavy (non-hydrogen) atoms. The van der Waals surface area contributed by atoms with Crippen molar-refractivity contribution in [1.82, 2.24) is 9.78 Å². The molecule has 5 heteroatoms. The number of halogens is 1. The maximum absolute atomic E-state index is 11.9. The molecule has 0 saturated heterocycles. The fraction of sp³-hybridized carbons (Fsp3) is 0.200. The van der Waals surface area contributed by atoms with Gasteiger partial charge in [-0.05, 0) is 6.07 Å². The van der Waals surface area contributed by atoms with E-state index < -0.39 is 12.7 Å². The minimum Gasteiger partial charge on any atom is -0.364 e. The van der Waals surface area contributed by atoms with E-state index in [4.69, 9.17) is 5.73 Å². The number of carbonyl (C=O) groups is 1. The van der Waals surface area contributed by atoms with Crippen LogP contribution in [0, 0.1) is 0 Å². The predicted octanol–water partition coefficient (Wildman–Crippen LogP) is -0.0910. The highest BCUT2D eigenvalue weighted by molar-refractivity contribution is 5.90. The van der Waals surface area contributed by atoms with Crippen LogP contribution in [-0.4, -0.2) is 15.7 Å². The lowest BCUT2D eigenvalue weighted by molar-refractivity contribution is 0.0985. The number of amides is 1. The van der Waals surface area contributed by atoms with Gasteiger partial charge in [-0.1, -0.05) is 0 Å². The molecule has 0 bridgehead atoms. The van der Waals surface area contributed by atoms with Crippen molar-refractivity contribution in [2.45, 2.75) is 6.80 Å². The van der Waals surface area contributed by atoms with E-state index in [1.807, 2.05) is 0 Å². The average Bonchev–Trinajstić information content (AvgIpc) is 2.33. The standard InChI is InChI=1S/C5H6FN3O/c6-3-9-4(5(7)10)1-2-8-9/h1-2H,3H2,(H2,7,10). The van der Waals surface area contributed by atoms with E-state index in [9.17, 15) is 9.18 Å². The van der Waals surface area contributed by atoms with Crippen LogP contribution in [0.15, 0.2) is 12.3 Å². The van der Waals surface area contributed by atoms with Gasteiger partial charge < -0.3 is 5.73 Å². The number of nitrogens with two attached hydrogens (primary N) is 1. The summed E-state index contributed by atoms with van der Waals surface area (Å²) in [7, 11) is 0. The summed E-state index contributed by atoms with van der Waals surface area (Å²) in [5.74, 6) is -0.671. The van der Waals surface area contributed by atoms with Gasteiger partial charge in [0.05, 0.1) is 0 Å². The van der Waals surface area contributed by atoms with Crippen molar-refractivity contribution in [3.63, 3.8) is 0 Å². The number of aromatic nitrogens is 2. The second kappa shape index (κ2) is 2.47. The van der Waals surface area contributed by atoms with Crippen LogP contribution < -0.4 is 5.73 Å². The number of hydrogen-bond donors (Lipinski definition) is 1. The molecule has 54 valence electrons. The number of alkyl halides is 1. The second-order valence-electron chi connectivity index (χ2n) is 1.70. The van der Waals surface area contributed by atoms with Gasteiger partial charge in [0.15, 0.2) is 6.80 Å². The molecule has 0 aliphatic heterocycles. The van der Waals surface area contributed by atoms with E-state index >= 15 is 0 Å². The molecule has 0 aromatic carbocycles. The van der Waals surface area contributed by atoms with Crippen LogP contribution in [-0.2, 0) is 6.80 Å². The maximum Gasteiger partial charge on any atom is 0.267 e. The highest BCUT2D eigenvalue weighted by Gasteiger charge is 2.05. The fourth-order valence-corrected chi connectivity index (χ4v) is 0.637. The Morgan fingerprint density at radius 2 is 2.60 bits per heavy atom. The van der Waals surface area contributed by atoms with Crippen LogP contribution >= 0.6 is 0 Å². The van der Waals surface area contributed by atoms with Gasteiger partial charge in [0.25, 0.3) is 5.91 Å². The largest absolute Gasteiger partial charge is 0.364 e. The van der Waals surface area contributed by atoms with Gasteiger partial charge >= 0.3 is 0 Å². The first-order valence-electron chi connectivity index (χ1n) is 2.63. The summed E-state index contributed by atoms with van der Waals surface area (Å²) >= 11 is 0. The van der Waals surface area contributed by atoms with Crippen molar-refractivity contribution >= 4 is 5.91 Å². The molecule has 0 aliphatic rings. The third kappa shape index (κ3) is 0.975. The molecule has 0 unspecified atom stereocenters. The van der Waals surface area contributed by atoms with Crippen LogP contribution in [0.3, 0.4) is 0 Å². The molecule has 1 rings (SSSR count). The second-order valence-corrected chi connectivity index (χ2v) is 1.70. The first kappa shape index (κ1) is 6.73. The van der Waals surface area contributed by atoms with Gasteiger partial charge in [0, 0.05) is 6.20 Å². The lowest BCUT2D eigenvalue weighted by Crippen LogP contribution is -2.16. The Morgan fingerprint density at radius 1 is 1.90 bits per heavy atom. The van der Waals surface area contributed by atoms with E-state index in [0.717, 1.165) is 4.68 Å². The number of rotatable bonds is 2. The first-order chi connectivity index (χ1) is 4.75. The van der Waals surface area contributed by atoms with Crippen LogP contribution in [0.4, 0.5) is 4.39 Å². The van der Waals surface area contributed by atoms with Crippen molar-refractivity contribution in [3.05, 3.63) is 18.0 Å². The van der Waals surface area contributed by atoms with Crippen molar-refractivity contribution in [1.29, 1.82) is 0 Å². The minimum atomic E-state index is -0.828. The molecule has 4 nitrogen and oxygen atoms in total. The third-order valence-electron chi connectivity index (χ3n) is 1.08. The lowest BCUT2D eigenvalue weighted by Gasteiger charge is -1.95. The zero-order valence-corrected chi connectivity index (χ0v) is 5.12. The highest BCUT2D eigenvalue weighted by Crippen LogP contribution is 1.96. The number of nitrogens with zero attached hydrogens (tertiary/aromatic N) is 2. The Labute approximate surface area is 56.4 Å². The van der Waals surface area contributed by atoms with Gasteiger partial charge in [-0.25, -0.2) is 9.07 Å². The lowest BCUT2D eigenvalue weighted by atomic mass is 10.4. The number of primary amides is 1. The molecule has 2 N–H and O–H groups in total. The van der Waals surface area contributed by atoms with E-state index in [2.05, 4.69) is 5.10 Å². The van der Waals surface area contributed by atoms with Gasteiger partial charge in [-0.2, -0.15) is 5.10 Å². The van der Waals surface area contributed by atoms with Crippen LogP contribution in [0.1, 0.15) is 10.5 Å². The molecular weight excluding hydrogens is 137 g/mol. The molecule has 0 saturated carbocycles. The van der Waals surface area contributed by atoms with Gasteiger partial charge in [-0.15, -0.1) is 0 Å². The Kier molecular flexibility index (Phi) is 1.66. The number of hydrogen-bond acceptors (Lipinski definition) is 2. The minimum absolute atomic E-state index is 0.0856. The van der Waals surface area contributed by atoms with Crippen molar-refractivity contribution in [3.8, 4) is 0 Å². The summed E-state index contributed by atoms with van der Waals surface area (Å²) in [4.78, 5) is 10.4. The predicted molar refractivity (Wildman–Crippen MR) is 31.9 cm³/mol. The zero-order valence-electron chi connectivity index (χ0n) is 5.12. The van der Waals surface area contributed by atoms with Gasteiger partial charge in [0.2, 0.25) is 0 Å². The molecule has 0 aliphatic carbocycles. The summed E-state index contributed by atoms with van der Waals surface area (Å²) in [5, 5.41) is 3.50. The van der Waals surface area contributed by atoms with E-state index in [1.165, 1.54) is 12.3 Å². The molecule has 0 fully saturated rings. The van der Waals surface area contributed by atoms with Crippen molar-refractivity contribution < 1.29 is 9.18 Å². The molecule has 1 amide bonds. The summed E-state index contributed by atoms with van der Waals surface area (Å²) in [5.41, 5.74) is 4.95. The normalized spacial score (nSPS) is 9.70. The molecule has 1 aromatic heterocycles. The average molecular weight is 143 g/mol. The Bertz CT molecular complexity index is 245. The quantitative estimate of drug-likeness (QED) is 0.628. The Morgan fingerprint density at radius 3 is 3.00 bits per heavy atom. The zero-order chi connectivity index (χ0) is 7.56. The third-order valence-corrected chi connectivity index (χ3v) is 1.08. The molecule has 0 radical (unpaired) electrons. The maximum atomic E-state index is 11.9. The Balaban J connectivity index is 3.01. The van der Waals surface area contributed by atoms with Crippen molar-refractivity contribution in [2.75, 3.05) is 0 Å². The van der Waals surface area contributed by atoms with E-state index in [-0.39, 0.29) is 5.69 Å². The Hall–Kier alpha value is -1.39. The molecule has 0 spiro atoms. The topological polar surface area (TPSA) is 60.9 Å². The molecule has 0 atom stereocenters. The summed E-state index contributed by atoms with van der Waals surface area (Å²) in [6.07, 6.45) is 1.32. The van der Waals surface area contributed by atoms with Gasteiger partial charge in [-0.3, -0.25) is 4.79 Å².